The Bertz CT molecular complexity index is 427. The summed E-state index contributed by atoms with van der Waals surface area (Å²) < 4.78 is 5.30. The van der Waals surface area contributed by atoms with Gasteiger partial charge in [-0.15, -0.1) is 0 Å². The van der Waals surface area contributed by atoms with Gasteiger partial charge in [0.05, 0.1) is 6.20 Å². The highest BCUT2D eigenvalue weighted by atomic mass is 16.5. The van der Waals surface area contributed by atoms with Crippen LogP contribution in [-0.2, 0) is 0 Å². The minimum Gasteiger partial charge on any atom is -0.504 e. The second-order valence-corrected chi connectivity index (χ2v) is 2.91. The molecule has 1 aromatic carbocycles. The van der Waals surface area contributed by atoms with Crippen molar-refractivity contribution < 1.29 is 14.9 Å². The molecule has 0 bridgehead atoms. The molecule has 4 heteroatoms. The van der Waals surface area contributed by atoms with Crippen molar-refractivity contribution in [2.45, 2.75) is 0 Å². The summed E-state index contributed by atoms with van der Waals surface area (Å²) in [5, 5.41) is 18.8. The van der Waals surface area contributed by atoms with Gasteiger partial charge in [-0.25, -0.2) is 0 Å². The van der Waals surface area contributed by atoms with E-state index in [4.69, 9.17) is 4.74 Å². The summed E-state index contributed by atoms with van der Waals surface area (Å²) in [6, 6.07) is 8.05. The van der Waals surface area contributed by atoms with Gasteiger partial charge >= 0.3 is 0 Å². The minimum atomic E-state index is -0.0687. The predicted octanol–water partition coefficient (Wildman–Crippen LogP) is 2.29. The number of ether oxygens (including phenoxy) is 1. The van der Waals surface area contributed by atoms with E-state index in [-0.39, 0.29) is 17.2 Å². The number of phenolic OH excluding ortho intramolecular Hbond substituents is 1. The summed E-state index contributed by atoms with van der Waals surface area (Å²) >= 11 is 0. The minimum absolute atomic E-state index is 0.0220. The van der Waals surface area contributed by atoms with Crippen LogP contribution >= 0.6 is 0 Å². The van der Waals surface area contributed by atoms with Crippen molar-refractivity contribution in [1.82, 2.24) is 4.98 Å². The van der Waals surface area contributed by atoms with Gasteiger partial charge in [-0.2, -0.15) is 0 Å². The lowest BCUT2D eigenvalue weighted by Crippen LogP contribution is -1.85. The first-order valence-corrected chi connectivity index (χ1v) is 4.36. The fourth-order valence-electron chi connectivity index (χ4n) is 1.12. The van der Waals surface area contributed by atoms with Crippen molar-refractivity contribution in [3.05, 3.63) is 42.7 Å². The Hall–Kier alpha value is -2.23. The highest BCUT2D eigenvalue weighted by Crippen LogP contribution is 2.33. The molecule has 0 fully saturated rings. The molecule has 2 rings (SSSR count). The van der Waals surface area contributed by atoms with E-state index in [1.54, 1.807) is 18.2 Å². The fourth-order valence-corrected chi connectivity index (χ4v) is 1.12. The highest BCUT2D eigenvalue weighted by Gasteiger charge is 2.05. The van der Waals surface area contributed by atoms with E-state index in [0.717, 1.165) is 0 Å². The first-order valence-electron chi connectivity index (χ1n) is 4.36. The lowest BCUT2D eigenvalue weighted by atomic mass is 10.3. The van der Waals surface area contributed by atoms with Gasteiger partial charge in [-0.3, -0.25) is 4.98 Å². The Kier molecular flexibility index (Phi) is 2.41. The van der Waals surface area contributed by atoms with Crippen molar-refractivity contribution >= 4 is 0 Å². The van der Waals surface area contributed by atoms with E-state index in [9.17, 15) is 10.2 Å². The Morgan fingerprint density at radius 2 is 1.67 bits per heavy atom. The molecule has 1 heterocycles. The molecule has 0 aliphatic heterocycles. The van der Waals surface area contributed by atoms with Crippen molar-refractivity contribution in [2.75, 3.05) is 0 Å². The van der Waals surface area contributed by atoms with Crippen LogP contribution in [0.2, 0.25) is 0 Å². The van der Waals surface area contributed by atoms with Crippen molar-refractivity contribution in [3.8, 4) is 23.0 Å². The molecule has 2 aromatic rings. The molecule has 0 amide bonds. The van der Waals surface area contributed by atoms with Crippen LogP contribution in [0.3, 0.4) is 0 Å². The lowest BCUT2D eigenvalue weighted by Gasteiger charge is -2.07. The largest absolute Gasteiger partial charge is 0.504 e. The second kappa shape index (κ2) is 3.88. The Morgan fingerprint density at radius 1 is 0.933 bits per heavy atom. The van der Waals surface area contributed by atoms with Crippen LogP contribution in [0.15, 0.2) is 42.7 Å². The lowest BCUT2D eigenvalue weighted by molar-refractivity contribution is 0.384. The Balaban J connectivity index is 2.30. The van der Waals surface area contributed by atoms with E-state index in [1.165, 1.54) is 24.5 Å². The molecule has 0 aliphatic carbocycles. The van der Waals surface area contributed by atoms with Gasteiger partial charge in [0.25, 0.3) is 0 Å². The third-order valence-corrected chi connectivity index (χ3v) is 1.85. The van der Waals surface area contributed by atoms with Gasteiger partial charge in [0.15, 0.2) is 23.0 Å². The van der Waals surface area contributed by atoms with E-state index in [0.29, 0.717) is 5.75 Å². The number of phenols is 1. The summed E-state index contributed by atoms with van der Waals surface area (Å²) in [5.41, 5.74) is 0. The van der Waals surface area contributed by atoms with E-state index >= 15 is 0 Å². The van der Waals surface area contributed by atoms with Gasteiger partial charge in [0.2, 0.25) is 0 Å². The molecule has 76 valence electrons. The first kappa shape index (κ1) is 9.33. The highest BCUT2D eigenvalue weighted by molar-refractivity contribution is 5.44. The van der Waals surface area contributed by atoms with Gasteiger partial charge in [-0.05, 0) is 12.1 Å². The number of hydrogen-bond acceptors (Lipinski definition) is 4. The van der Waals surface area contributed by atoms with Crippen LogP contribution in [0.5, 0.6) is 23.0 Å². The molecule has 15 heavy (non-hydrogen) atoms. The molecule has 2 N–H and O–H groups in total. The zero-order valence-electron chi connectivity index (χ0n) is 7.79. The third-order valence-electron chi connectivity index (χ3n) is 1.85. The molecule has 1 aromatic heterocycles. The van der Waals surface area contributed by atoms with Gasteiger partial charge < -0.3 is 14.9 Å². The van der Waals surface area contributed by atoms with Crippen LogP contribution in [0, 0.1) is 0 Å². The number of benzene rings is 1. The molecule has 0 spiro atoms. The molecule has 0 aliphatic rings. The zero-order chi connectivity index (χ0) is 10.7. The number of aromatic hydroxyl groups is 2. The molecular formula is C11H9NO3. The molecule has 0 saturated heterocycles. The maximum absolute atomic E-state index is 9.44. The fraction of sp³-hybridized carbons (Fsp3) is 0. The van der Waals surface area contributed by atoms with Crippen molar-refractivity contribution in [1.29, 1.82) is 0 Å². The normalized spacial score (nSPS) is 9.87. The van der Waals surface area contributed by atoms with Crippen molar-refractivity contribution in [3.63, 3.8) is 0 Å². The SMILES string of the molecule is Oc1ccccc1Oc1ccncc1O. The predicted molar refractivity (Wildman–Crippen MR) is 54.1 cm³/mol. The Morgan fingerprint density at radius 3 is 2.40 bits per heavy atom. The number of hydrogen-bond donors (Lipinski definition) is 2. The number of nitrogens with zero attached hydrogens (tertiary/aromatic N) is 1. The summed E-state index contributed by atoms with van der Waals surface area (Å²) in [6.07, 6.45) is 2.77. The molecule has 0 unspecified atom stereocenters. The molecule has 4 nitrogen and oxygen atoms in total. The maximum Gasteiger partial charge on any atom is 0.177 e. The maximum atomic E-state index is 9.44. The standard InChI is InChI=1S/C11H9NO3/c13-8-3-1-2-4-10(8)15-11-5-6-12-7-9(11)14/h1-7,13-14H. The van der Waals surface area contributed by atoms with Crippen LogP contribution < -0.4 is 4.74 Å². The van der Waals surface area contributed by atoms with Gasteiger partial charge in [-0.1, -0.05) is 12.1 Å². The summed E-state index contributed by atoms with van der Waals surface area (Å²) in [5.74, 6) is 0.500. The quantitative estimate of drug-likeness (QED) is 0.786. The molecular weight excluding hydrogens is 194 g/mol. The summed E-state index contributed by atoms with van der Waals surface area (Å²) in [4.78, 5) is 3.72. The average molecular weight is 203 g/mol. The summed E-state index contributed by atoms with van der Waals surface area (Å²) in [7, 11) is 0. The number of aromatic nitrogens is 1. The second-order valence-electron chi connectivity index (χ2n) is 2.91. The van der Waals surface area contributed by atoms with Gasteiger partial charge in [0, 0.05) is 12.3 Å². The van der Waals surface area contributed by atoms with Crippen molar-refractivity contribution in [2.24, 2.45) is 0 Å². The van der Waals surface area contributed by atoms with Gasteiger partial charge in [0.1, 0.15) is 0 Å². The number of para-hydroxylation sites is 2. The van der Waals surface area contributed by atoms with Crippen LogP contribution in [0.4, 0.5) is 0 Å². The summed E-state index contributed by atoms with van der Waals surface area (Å²) in [6.45, 7) is 0. The van der Waals surface area contributed by atoms with Crippen LogP contribution in [0.25, 0.3) is 0 Å². The number of pyridine rings is 1. The van der Waals surface area contributed by atoms with E-state index < -0.39 is 0 Å². The van der Waals surface area contributed by atoms with E-state index in [1.807, 2.05) is 0 Å². The Labute approximate surface area is 86.4 Å². The average Bonchev–Trinajstić information content (AvgIpc) is 2.24. The zero-order valence-corrected chi connectivity index (χ0v) is 7.79. The topological polar surface area (TPSA) is 62.6 Å². The molecule has 0 saturated carbocycles. The molecule has 0 radical (unpaired) electrons. The van der Waals surface area contributed by atoms with Crippen LogP contribution in [0.1, 0.15) is 0 Å². The monoisotopic (exact) mass is 203 g/mol. The van der Waals surface area contributed by atoms with Crippen LogP contribution in [-0.4, -0.2) is 15.2 Å². The molecule has 0 atom stereocenters. The first-order chi connectivity index (χ1) is 7.27. The smallest absolute Gasteiger partial charge is 0.177 e. The third kappa shape index (κ3) is 1.99. The van der Waals surface area contributed by atoms with E-state index in [2.05, 4.69) is 4.98 Å². The number of rotatable bonds is 2.